The van der Waals surface area contributed by atoms with Gasteiger partial charge in [0.1, 0.15) is 0 Å². The van der Waals surface area contributed by atoms with Gasteiger partial charge in [-0.15, -0.1) is 13.2 Å². The normalized spacial score (nSPS) is 26.7. The zero-order valence-corrected chi connectivity index (χ0v) is 8.99. The fraction of sp³-hybridized carbons (Fsp3) is 0.667. The van der Waals surface area contributed by atoms with Crippen LogP contribution in [0.2, 0.25) is 0 Å². The minimum Gasteiger partial charge on any atom is -0.328 e. The fourth-order valence-electron chi connectivity index (χ4n) is 2.23. The highest BCUT2D eigenvalue weighted by Crippen LogP contribution is 2.24. The second-order valence-corrected chi connectivity index (χ2v) is 4.24. The Morgan fingerprint density at radius 2 is 1.86 bits per heavy atom. The fourth-order valence-corrected chi connectivity index (χ4v) is 2.23. The predicted octanol–water partition coefficient (Wildman–Crippen LogP) is 1.79. The summed E-state index contributed by atoms with van der Waals surface area (Å²) in [4.78, 5) is 2.38. The molecule has 1 fully saturated rings. The minimum atomic E-state index is 0.439. The lowest BCUT2D eigenvalue weighted by atomic mass is 10.1. The maximum Gasteiger partial charge on any atom is 0.0164 e. The van der Waals surface area contributed by atoms with Crippen molar-refractivity contribution >= 4 is 0 Å². The molecule has 0 aromatic carbocycles. The lowest BCUT2D eigenvalue weighted by molar-refractivity contribution is 0.276. The monoisotopic (exact) mass is 194 g/mol. The van der Waals surface area contributed by atoms with Gasteiger partial charge in [-0.2, -0.15) is 0 Å². The van der Waals surface area contributed by atoms with E-state index in [9.17, 15) is 0 Å². The summed E-state index contributed by atoms with van der Waals surface area (Å²) < 4.78 is 0. The van der Waals surface area contributed by atoms with Crippen LogP contribution in [0.15, 0.2) is 25.3 Å². The second kappa shape index (κ2) is 5.99. The van der Waals surface area contributed by atoms with Crippen molar-refractivity contribution in [1.29, 1.82) is 0 Å². The summed E-state index contributed by atoms with van der Waals surface area (Å²) in [6.07, 6.45) is 7.58. The first-order chi connectivity index (χ1) is 6.76. The van der Waals surface area contributed by atoms with Crippen molar-refractivity contribution in [2.24, 2.45) is 11.7 Å². The van der Waals surface area contributed by atoms with Gasteiger partial charge >= 0.3 is 0 Å². The molecule has 80 valence electrons. The molecule has 0 amide bonds. The van der Waals surface area contributed by atoms with Crippen molar-refractivity contribution in [3.05, 3.63) is 25.3 Å². The first-order valence-electron chi connectivity index (χ1n) is 5.46. The van der Waals surface area contributed by atoms with Crippen molar-refractivity contribution in [2.45, 2.75) is 25.3 Å². The van der Waals surface area contributed by atoms with Gasteiger partial charge in [-0.3, -0.25) is 4.90 Å². The Labute approximate surface area is 87.5 Å². The van der Waals surface area contributed by atoms with Crippen molar-refractivity contribution in [3.8, 4) is 0 Å². The number of nitrogens with two attached hydrogens (primary N) is 1. The molecule has 0 aromatic rings. The maximum absolute atomic E-state index is 5.89. The van der Waals surface area contributed by atoms with Gasteiger partial charge in [0.2, 0.25) is 0 Å². The summed E-state index contributed by atoms with van der Waals surface area (Å²) in [5.41, 5.74) is 5.89. The Morgan fingerprint density at radius 1 is 1.21 bits per heavy atom. The van der Waals surface area contributed by atoms with Crippen LogP contribution in [0.25, 0.3) is 0 Å². The van der Waals surface area contributed by atoms with Crippen LogP contribution in [0.3, 0.4) is 0 Å². The van der Waals surface area contributed by atoms with Crippen LogP contribution in [-0.2, 0) is 0 Å². The smallest absolute Gasteiger partial charge is 0.0164 e. The molecule has 0 radical (unpaired) electrons. The number of hydrogen-bond acceptors (Lipinski definition) is 2. The van der Waals surface area contributed by atoms with Crippen LogP contribution < -0.4 is 5.73 Å². The number of nitrogens with zero attached hydrogens (tertiary/aromatic N) is 1. The van der Waals surface area contributed by atoms with Gasteiger partial charge in [0, 0.05) is 25.7 Å². The molecule has 0 saturated heterocycles. The van der Waals surface area contributed by atoms with Crippen LogP contribution in [0.5, 0.6) is 0 Å². The average molecular weight is 194 g/mol. The highest BCUT2D eigenvalue weighted by Gasteiger charge is 2.22. The van der Waals surface area contributed by atoms with Crippen LogP contribution in [0.4, 0.5) is 0 Å². The SMILES string of the molecule is C=CCN(CC=C)CC1CCC(N)C1. The molecule has 0 bridgehead atoms. The lowest BCUT2D eigenvalue weighted by Gasteiger charge is -2.22. The third-order valence-electron chi connectivity index (χ3n) is 2.87. The molecule has 0 heterocycles. The van der Waals surface area contributed by atoms with Crippen LogP contribution in [0.1, 0.15) is 19.3 Å². The highest BCUT2D eigenvalue weighted by molar-refractivity contribution is 4.85. The Bertz CT molecular complexity index is 179. The molecule has 1 rings (SSSR count). The molecule has 1 aliphatic carbocycles. The quantitative estimate of drug-likeness (QED) is 0.653. The molecular weight excluding hydrogens is 172 g/mol. The van der Waals surface area contributed by atoms with Crippen molar-refractivity contribution < 1.29 is 0 Å². The van der Waals surface area contributed by atoms with Crippen LogP contribution in [0, 0.1) is 5.92 Å². The molecule has 2 heteroatoms. The standard InChI is InChI=1S/C12H22N2/c1-3-7-14(8-4-2)10-11-5-6-12(13)9-11/h3-4,11-12H,1-2,5-10,13H2. The first-order valence-corrected chi connectivity index (χ1v) is 5.46. The third-order valence-corrected chi connectivity index (χ3v) is 2.87. The van der Waals surface area contributed by atoms with Gasteiger partial charge in [0.25, 0.3) is 0 Å². The van der Waals surface area contributed by atoms with Gasteiger partial charge in [-0.1, -0.05) is 12.2 Å². The van der Waals surface area contributed by atoms with Gasteiger partial charge in [-0.05, 0) is 25.2 Å². The summed E-state index contributed by atoms with van der Waals surface area (Å²) in [7, 11) is 0. The number of hydrogen-bond donors (Lipinski definition) is 1. The molecule has 1 aliphatic rings. The molecule has 2 atom stereocenters. The zero-order valence-electron chi connectivity index (χ0n) is 8.99. The molecule has 0 spiro atoms. The van der Waals surface area contributed by atoms with Gasteiger partial charge in [-0.25, -0.2) is 0 Å². The maximum atomic E-state index is 5.89. The second-order valence-electron chi connectivity index (χ2n) is 4.24. The van der Waals surface area contributed by atoms with E-state index >= 15 is 0 Å². The van der Waals surface area contributed by atoms with Gasteiger partial charge < -0.3 is 5.73 Å². The molecule has 14 heavy (non-hydrogen) atoms. The summed E-state index contributed by atoms with van der Waals surface area (Å²) >= 11 is 0. The Morgan fingerprint density at radius 3 is 2.29 bits per heavy atom. The summed E-state index contributed by atoms with van der Waals surface area (Å²) in [6.45, 7) is 10.6. The topological polar surface area (TPSA) is 29.3 Å². The number of rotatable bonds is 6. The summed E-state index contributed by atoms with van der Waals surface area (Å²) in [6, 6.07) is 0.439. The summed E-state index contributed by atoms with van der Waals surface area (Å²) in [5.74, 6) is 0.782. The third kappa shape index (κ3) is 3.64. The van der Waals surface area contributed by atoms with E-state index in [1.807, 2.05) is 12.2 Å². The molecule has 0 aromatic heterocycles. The van der Waals surface area contributed by atoms with E-state index in [1.54, 1.807) is 0 Å². The van der Waals surface area contributed by atoms with Gasteiger partial charge in [0.15, 0.2) is 0 Å². The molecule has 2 unspecified atom stereocenters. The Hall–Kier alpha value is -0.600. The predicted molar refractivity (Wildman–Crippen MR) is 62.2 cm³/mol. The van der Waals surface area contributed by atoms with E-state index in [-0.39, 0.29) is 0 Å². The molecule has 0 aliphatic heterocycles. The average Bonchev–Trinajstić information content (AvgIpc) is 2.52. The van der Waals surface area contributed by atoms with Crippen LogP contribution in [-0.4, -0.2) is 30.6 Å². The molecule has 1 saturated carbocycles. The zero-order chi connectivity index (χ0) is 10.4. The lowest BCUT2D eigenvalue weighted by Crippen LogP contribution is -2.29. The van der Waals surface area contributed by atoms with E-state index in [2.05, 4.69) is 18.1 Å². The summed E-state index contributed by atoms with van der Waals surface area (Å²) in [5, 5.41) is 0. The van der Waals surface area contributed by atoms with E-state index in [4.69, 9.17) is 5.73 Å². The Kier molecular flexibility index (Phi) is 4.91. The van der Waals surface area contributed by atoms with Crippen molar-refractivity contribution in [3.63, 3.8) is 0 Å². The van der Waals surface area contributed by atoms with Crippen molar-refractivity contribution in [1.82, 2.24) is 4.90 Å². The van der Waals surface area contributed by atoms with Crippen LogP contribution >= 0.6 is 0 Å². The molecular formula is C12H22N2. The van der Waals surface area contributed by atoms with Crippen molar-refractivity contribution in [2.75, 3.05) is 19.6 Å². The van der Waals surface area contributed by atoms with E-state index in [1.165, 1.54) is 19.3 Å². The Balaban J connectivity index is 2.30. The largest absolute Gasteiger partial charge is 0.328 e. The minimum absolute atomic E-state index is 0.439. The highest BCUT2D eigenvalue weighted by atomic mass is 15.1. The first kappa shape index (κ1) is 11.5. The van der Waals surface area contributed by atoms with E-state index in [0.29, 0.717) is 6.04 Å². The van der Waals surface area contributed by atoms with E-state index < -0.39 is 0 Å². The molecule has 2 N–H and O–H groups in total. The molecule has 2 nitrogen and oxygen atoms in total. The van der Waals surface area contributed by atoms with Gasteiger partial charge in [0.05, 0.1) is 0 Å². The van der Waals surface area contributed by atoms with E-state index in [0.717, 1.165) is 25.6 Å².